The molecule has 1 N–H and O–H groups in total. The van der Waals surface area contributed by atoms with Crippen molar-refractivity contribution in [3.63, 3.8) is 0 Å². The van der Waals surface area contributed by atoms with Gasteiger partial charge in [-0.15, -0.1) is 0 Å². The fourth-order valence-electron chi connectivity index (χ4n) is 3.40. The molecule has 2 aromatic heterocycles. The number of rotatable bonds is 6. The normalized spacial score (nSPS) is 20.4. The Balaban J connectivity index is 1.63. The van der Waals surface area contributed by atoms with Crippen molar-refractivity contribution in [2.75, 3.05) is 19.7 Å². The first-order chi connectivity index (χ1) is 12.1. The summed E-state index contributed by atoms with van der Waals surface area (Å²) in [6, 6.07) is 6.06. The van der Waals surface area contributed by atoms with E-state index in [1.54, 1.807) is 6.20 Å². The molecular formula is C19H26N4O2. The van der Waals surface area contributed by atoms with E-state index >= 15 is 0 Å². The van der Waals surface area contributed by atoms with E-state index in [0.29, 0.717) is 32.0 Å². The maximum absolute atomic E-state index is 12.6. The number of carbonyl (C=O) groups excluding carboxylic acids is 1. The predicted octanol–water partition coefficient (Wildman–Crippen LogP) is 2.03. The van der Waals surface area contributed by atoms with Crippen LogP contribution in [0.3, 0.4) is 0 Å². The lowest BCUT2D eigenvalue weighted by atomic mass is 9.92. The first-order valence-electron chi connectivity index (χ1n) is 8.91. The number of likely N-dealkylation sites (tertiary alicyclic amines) is 1. The van der Waals surface area contributed by atoms with Crippen LogP contribution in [-0.4, -0.2) is 50.4 Å². The number of nitrogens with zero attached hydrogens (tertiary/aromatic N) is 4. The summed E-state index contributed by atoms with van der Waals surface area (Å²) in [6.45, 7) is 5.51. The summed E-state index contributed by atoms with van der Waals surface area (Å²) in [5, 5.41) is 14.1. The number of aromatic nitrogens is 3. The standard InChI is InChI=1S/C19H26N4O2/c1-14(2)23-11-15(9-21-23)18-12-22(10-16(18)13-24)19(25)7-6-17-5-3-4-8-20-17/h3-5,8-9,11,14,16,18,24H,6-7,10,12-13H2,1-2H3/t16-,18-/m0/s1. The van der Waals surface area contributed by atoms with Gasteiger partial charge in [0.1, 0.15) is 0 Å². The molecule has 0 unspecified atom stereocenters. The Hall–Kier alpha value is -2.21. The second-order valence-corrected chi connectivity index (χ2v) is 7.02. The average Bonchev–Trinajstić information content (AvgIpc) is 3.27. The van der Waals surface area contributed by atoms with Crippen molar-refractivity contribution in [3.8, 4) is 0 Å². The van der Waals surface area contributed by atoms with Crippen molar-refractivity contribution in [3.05, 3.63) is 48.0 Å². The third kappa shape index (κ3) is 4.07. The van der Waals surface area contributed by atoms with Crippen molar-refractivity contribution < 1.29 is 9.90 Å². The van der Waals surface area contributed by atoms with Gasteiger partial charge in [0.25, 0.3) is 0 Å². The molecule has 1 aliphatic rings. The molecule has 0 spiro atoms. The molecule has 0 bridgehead atoms. The molecule has 6 heteroatoms. The quantitative estimate of drug-likeness (QED) is 0.872. The highest BCUT2D eigenvalue weighted by molar-refractivity contribution is 5.77. The Kier molecular flexibility index (Phi) is 5.48. The molecule has 1 aliphatic heterocycles. The van der Waals surface area contributed by atoms with Gasteiger partial charge in [-0.2, -0.15) is 5.10 Å². The summed E-state index contributed by atoms with van der Waals surface area (Å²) in [4.78, 5) is 18.7. The van der Waals surface area contributed by atoms with Crippen LogP contribution < -0.4 is 0 Å². The highest BCUT2D eigenvalue weighted by Crippen LogP contribution is 2.33. The van der Waals surface area contributed by atoms with Gasteiger partial charge in [0.05, 0.1) is 6.20 Å². The number of aliphatic hydroxyl groups is 1. The summed E-state index contributed by atoms with van der Waals surface area (Å²) in [7, 11) is 0. The van der Waals surface area contributed by atoms with E-state index in [4.69, 9.17) is 0 Å². The molecule has 1 saturated heterocycles. The monoisotopic (exact) mass is 342 g/mol. The van der Waals surface area contributed by atoms with E-state index in [-0.39, 0.29) is 24.3 Å². The maximum Gasteiger partial charge on any atom is 0.222 e. The van der Waals surface area contributed by atoms with Gasteiger partial charge in [0.15, 0.2) is 0 Å². The third-order valence-electron chi connectivity index (χ3n) is 4.93. The molecule has 0 aromatic carbocycles. The third-order valence-corrected chi connectivity index (χ3v) is 4.93. The van der Waals surface area contributed by atoms with Crippen LogP contribution in [0.25, 0.3) is 0 Å². The van der Waals surface area contributed by atoms with Gasteiger partial charge in [-0.05, 0) is 38.0 Å². The van der Waals surface area contributed by atoms with Crippen LogP contribution in [-0.2, 0) is 11.2 Å². The minimum atomic E-state index is 0.0728. The minimum absolute atomic E-state index is 0.0728. The van der Waals surface area contributed by atoms with E-state index in [0.717, 1.165) is 11.3 Å². The first kappa shape index (κ1) is 17.6. The van der Waals surface area contributed by atoms with E-state index in [1.165, 1.54) is 0 Å². The Morgan fingerprint density at radius 3 is 2.84 bits per heavy atom. The van der Waals surface area contributed by atoms with Gasteiger partial charge in [0, 0.05) is 62.1 Å². The van der Waals surface area contributed by atoms with Crippen LogP contribution in [0.1, 0.15) is 43.5 Å². The molecule has 134 valence electrons. The Bertz CT molecular complexity index is 698. The van der Waals surface area contributed by atoms with E-state index in [2.05, 4.69) is 23.9 Å². The summed E-state index contributed by atoms with van der Waals surface area (Å²) < 4.78 is 1.93. The largest absolute Gasteiger partial charge is 0.396 e. The number of pyridine rings is 1. The molecule has 1 amide bonds. The molecular weight excluding hydrogens is 316 g/mol. The number of aliphatic hydroxyl groups excluding tert-OH is 1. The molecule has 0 aliphatic carbocycles. The van der Waals surface area contributed by atoms with Crippen molar-refractivity contribution >= 4 is 5.91 Å². The second kappa shape index (κ2) is 7.78. The van der Waals surface area contributed by atoms with Crippen LogP contribution >= 0.6 is 0 Å². The van der Waals surface area contributed by atoms with Gasteiger partial charge in [0.2, 0.25) is 5.91 Å². The fourth-order valence-corrected chi connectivity index (χ4v) is 3.40. The zero-order valence-corrected chi connectivity index (χ0v) is 14.9. The van der Waals surface area contributed by atoms with Gasteiger partial charge >= 0.3 is 0 Å². The smallest absolute Gasteiger partial charge is 0.222 e. The van der Waals surface area contributed by atoms with Crippen LogP contribution in [0.15, 0.2) is 36.8 Å². The van der Waals surface area contributed by atoms with Crippen LogP contribution in [0.2, 0.25) is 0 Å². The van der Waals surface area contributed by atoms with Crippen molar-refractivity contribution in [2.24, 2.45) is 5.92 Å². The Morgan fingerprint density at radius 2 is 2.20 bits per heavy atom. The summed E-state index contributed by atoms with van der Waals surface area (Å²) >= 11 is 0. The van der Waals surface area contributed by atoms with Crippen LogP contribution in [0.5, 0.6) is 0 Å². The SMILES string of the molecule is CC(C)n1cc([C@@H]2CN(C(=O)CCc3ccccn3)C[C@H]2CO)cn1. The molecule has 2 aromatic rings. The molecule has 0 saturated carbocycles. The van der Waals surface area contributed by atoms with Crippen molar-refractivity contribution in [1.82, 2.24) is 19.7 Å². The lowest BCUT2D eigenvalue weighted by Gasteiger charge is -2.16. The summed E-state index contributed by atoms with van der Waals surface area (Å²) in [6.07, 6.45) is 6.76. The van der Waals surface area contributed by atoms with Gasteiger partial charge in [-0.1, -0.05) is 6.07 Å². The molecule has 2 atom stereocenters. The Labute approximate surface area is 148 Å². The fraction of sp³-hybridized carbons (Fsp3) is 0.526. The topological polar surface area (TPSA) is 71.2 Å². The zero-order chi connectivity index (χ0) is 17.8. The lowest BCUT2D eigenvalue weighted by molar-refractivity contribution is -0.130. The number of aryl methyl sites for hydroxylation is 1. The van der Waals surface area contributed by atoms with Gasteiger partial charge < -0.3 is 10.0 Å². The van der Waals surface area contributed by atoms with Crippen molar-refractivity contribution in [2.45, 2.75) is 38.6 Å². The summed E-state index contributed by atoms with van der Waals surface area (Å²) in [5.74, 6) is 0.350. The molecule has 1 fully saturated rings. The molecule has 25 heavy (non-hydrogen) atoms. The number of hydrogen-bond donors (Lipinski definition) is 1. The van der Waals surface area contributed by atoms with E-state index in [9.17, 15) is 9.90 Å². The van der Waals surface area contributed by atoms with Crippen molar-refractivity contribution in [1.29, 1.82) is 0 Å². The lowest BCUT2D eigenvalue weighted by Crippen LogP contribution is -2.29. The number of amides is 1. The van der Waals surface area contributed by atoms with Gasteiger partial charge in [-0.3, -0.25) is 14.5 Å². The molecule has 6 nitrogen and oxygen atoms in total. The number of carbonyl (C=O) groups is 1. The van der Waals surface area contributed by atoms with E-state index in [1.807, 2.05) is 40.2 Å². The zero-order valence-electron chi connectivity index (χ0n) is 14.9. The van der Waals surface area contributed by atoms with Crippen LogP contribution in [0.4, 0.5) is 0 Å². The van der Waals surface area contributed by atoms with E-state index < -0.39 is 0 Å². The van der Waals surface area contributed by atoms with Gasteiger partial charge in [-0.25, -0.2) is 0 Å². The molecule has 0 radical (unpaired) electrons. The highest BCUT2D eigenvalue weighted by Gasteiger charge is 2.36. The second-order valence-electron chi connectivity index (χ2n) is 7.02. The molecule has 3 heterocycles. The predicted molar refractivity (Wildman–Crippen MR) is 95.1 cm³/mol. The van der Waals surface area contributed by atoms with Crippen LogP contribution in [0, 0.1) is 5.92 Å². The first-order valence-corrected chi connectivity index (χ1v) is 8.91. The highest BCUT2D eigenvalue weighted by atomic mass is 16.3. The average molecular weight is 342 g/mol. The number of hydrogen-bond acceptors (Lipinski definition) is 4. The molecule has 3 rings (SSSR count). The minimum Gasteiger partial charge on any atom is -0.396 e. The summed E-state index contributed by atoms with van der Waals surface area (Å²) in [5.41, 5.74) is 2.04. The maximum atomic E-state index is 12.6. The Morgan fingerprint density at radius 1 is 1.36 bits per heavy atom.